The molecule has 2 rings (SSSR count). The molecule has 0 amide bonds. The average Bonchev–Trinajstić information content (AvgIpc) is 2.05. The van der Waals surface area contributed by atoms with E-state index in [1.165, 1.54) is 36.9 Å². The lowest BCUT2D eigenvalue weighted by Gasteiger charge is -2.12. The molecule has 0 spiro atoms. The van der Waals surface area contributed by atoms with Crippen molar-refractivity contribution in [3.8, 4) is 0 Å². The normalized spacial score (nSPS) is 14.9. The average molecular weight is 149 g/mol. The molecule has 0 unspecified atom stereocenters. The van der Waals surface area contributed by atoms with E-state index in [1.807, 2.05) is 12.3 Å². The van der Waals surface area contributed by atoms with E-state index in [0.717, 1.165) is 0 Å². The molecule has 0 atom stereocenters. The molecule has 11 heavy (non-hydrogen) atoms. The molecule has 1 aliphatic rings. The van der Waals surface area contributed by atoms with E-state index < -0.39 is 0 Å². The van der Waals surface area contributed by atoms with Crippen LogP contribution in [0.5, 0.6) is 0 Å². The van der Waals surface area contributed by atoms with Gasteiger partial charge in [-0.05, 0) is 37.3 Å². The Kier molecular flexibility index (Phi) is 2.64. The largest absolute Gasteiger partial charge is 0.261 e. The van der Waals surface area contributed by atoms with Gasteiger partial charge in [0.1, 0.15) is 0 Å². The lowest BCUT2D eigenvalue weighted by molar-refractivity contribution is 0.668. The predicted molar refractivity (Wildman–Crippen MR) is 47.6 cm³/mol. The van der Waals surface area contributed by atoms with Crippen LogP contribution in [0.1, 0.15) is 31.5 Å². The van der Waals surface area contributed by atoms with E-state index in [-0.39, 0.29) is 7.43 Å². The molecule has 1 aromatic heterocycles. The fourth-order valence-corrected chi connectivity index (χ4v) is 1.53. The highest BCUT2D eigenvalue weighted by Gasteiger charge is 2.07. The third-order valence-corrected chi connectivity index (χ3v) is 2.09. The topological polar surface area (TPSA) is 12.9 Å². The summed E-state index contributed by atoms with van der Waals surface area (Å²) in [6.45, 7) is 0. The Morgan fingerprint density at radius 3 is 2.82 bits per heavy atom. The highest BCUT2D eigenvalue weighted by atomic mass is 14.7. The number of nitrogens with zero attached hydrogens (tertiary/aromatic N) is 1. The summed E-state index contributed by atoms with van der Waals surface area (Å²) in [6, 6.07) is 4.23. The molecule has 0 fully saturated rings. The van der Waals surface area contributed by atoms with Gasteiger partial charge in [-0.1, -0.05) is 13.5 Å². The molecule has 0 N–H and O–H groups in total. The summed E-state index contributed by atoms with van der Waals surface area (Å²) >= 11 is 0. The Hall–Kier alpha value is -0.850. The SMILES string of the molecule is C.c1cnc2c(c1)CCCC2. The summed E-state index contributed by atoms with van der Waals surface area (Å²) in [7, 11) is 0. The molecule has 0 radical (unpaired) electrons. The lowest BCUT2D eigenvalue weighted by Crippen LogP contribution is -2.03. The van der Waals surface area contributed by atoms with E-state index in [9.17, 15) is 0 Å². The zero-order valence-corrected chi connectivity index (χ0v) is 6.01. The third kappa shape index (κ3) is 1.59. The van der Waals surface area contributed by atoms with Crippen LogP contribution in [0.25, 0.3) is 0 Å². The van der Waals surface area contributed by atoms with Gasteiger partial charge in [-0.25, -0.2) is 0 Å². The van der Waals surface area contributed by atoms with Crippen LogP contribution in [0, 0.1) is 0 Å². The molecule has 0 aromatic carbocycles. The van der Waals surface area contributed by atoms with Gasteiger partial charge in [0.25, 0.3) is 0 Å². The number of pyridine rings is 1. The molecular formula is C10H15N. The molecule has 0 saturated carbocycles. The van der Waals surface area contributed by atoms with Crippen molar-refractivity contribution in [2.24, 2.45) is 0 Å². The summed E-state index contributed by atoms with van der Waals surface area (Å²) in [5.41, 5.74) is 2.79. The van der Waals surface area contributed by atoms with Crippen LogP contribution in [-0.4, -0.2) is 4.98 Å². The molecule has 1 heteroatoms. The zero-order chi connectivity index (χ0) is 6.81. The van der Waals surface area contributed by atoms with Gasteiger partial charge in [0.15, 0.2) is 0 Å². The number of aryl methyl sites for hydroxylation is 2. The maximum atomic E-state index is 4.32. The highest BCUT2D eigenvalue weighted by Crippen LogP contribution is 2.17. The molecule has 0 saturated heterocycles. The number of rotatable bonds is 0. The van der Waals surface area contributed by atoms with Crippen LogP contribution in [0.15, 0.2) is 18.3 Å². The van der Waals surface area contributed by atoms with Crippen molar-refractivity contribution < 1.29 is 0 Å². The molecule has 60 valence electrons. The van der Waals surface area contributed by atoms with Crippen LogP contribution >= 0.6 is 0 Å². The van der Waals surface area contributed by atoms with Gasteiger partial charge >= 0.3 is 0 Å². The molecule has 1 aromatic rings. The van der Waals surface area contributed by atoms with Gasteiger partial charge in [0, 0.05) is 11.9 Å². The maximum absolute atomic E-state index is 4.32. The van der Waals surface area contributed by atoms with Gasteiger partial charge < -0.3 is 0 Å². The molecule has 1 aliphatic carbocycles. The van der Waals surface area contributed by atoms with Crippen LogP contribution < -0.4 is 0 Å². The maximum Gasteiger partial charge on any atom is 0.0435 e. The molecule has 0 aliphatic heterocycles. The van der Waals surface area contributed by atoms with Gasteiger partial charge in [0.2, 0.25) is 0 Å². The van der Waals surface area contributed by atoms with Gasteiger partial charge in [-0.2, -0.15) is 0 Å². The highest BCUT2D eigenvalue weighted by molar-refractivity contribution is 5.21. The van der Waals surface area contributed by atoms with E-state index in [1.54, 1.807) is 0 Å². The van der Waals surface area contributed by atoms with Crippen molar-refractivity contribution in [1.82, 2.24) is 4.98 Å². The Balaban J connectivity index is 0.000000605. The zero-order valence-electron chi connectivity index (χ0n) is 6.01. The minimum atomic E-state index is 0. The van der Waals surface area contributed by atoms with Crippen molar-refractivity contribution in [3.63, 3.8) is 0 Å². The first-order chi connectivity index (χ1) is 4.97. The first-order valence-corrected chi connectivity index (χ1v) is 3.89. The van der Waals surface area contributed by atoms with Crippen LogP contribution in [0.2, 0.25) is 0 Å². The van der Waals surface area contributed by atoms with E-state index in [2.05, 4.69) is 11.1 Å². The van der Waals surface area contributed by atoms with Crippen LogP contribution in [0.4, 0.5) is 0 Å². The standard InChI is InChI=1S/C9H11N.CH4/c1-2-6-9-8(4-1)5-3-7-10-9;/h3,5,7H,1-2,4,6H2;1H4. The van der Waals surface area contributed by atoms with Gasteiger partial charge in [0.05, 0.1) is 0 Å². The summed E-state index contributed by atoms with van der Waals surface area (Å²) < 4.78 is 0. The number of hydrogen-bond acceptors (Lipinski definition) is 1. The summed E-state index contributed by atoms with van der Waals surface area (Å²) in [4.78, 5) is 4.32. The van der Waals surface area contributed by atoms with Crippen LogP contribution in [-0.2, 0) is 12.8 Å². The second kappa shape index (κ2) is 3.51. The molecule has 1 nitrogen and oxygen atoms in total. The summed E-state index contributed by atoms with van der Waals surface area (Å²) in [6.07, 6.45) is 6.99. The summed E-state index contributed by atoms with van der Waals surface area (Å²) in [5.74, 6) is 0. The molecule has 0 bridgehead atoms. The van der Waals surface area contributed by atoms with Crippen molar-refractivity contribution in [2.75, 3.05) is 0 Å². The number of fused-ring (bicyclic) bond motifs is 1. The lowest BCUT2D eigenvalue weighted by atomic mass is 9.96. The minimum absolute atomic E-state index is 0. The molecular weight excluding hydrogens is 134 g/mol. The fraction of sp³-hybridized carbons (Fsp3) is 0.500. The first kappa shape index (κ1) is 8.25. The fourth-order valence-electron chi connectivity index (χ4n) is 1.53. The predicted octanol–water partition coefficient (Wildman–Crippen LogP) is 2.60. The van der Waals surface area contributed by atoms with E-state index in [4.69, 9.17) is 0 Å². The minimum Gasteiger partial charge on any atom is -0.261 e. The second-order valence-electron chi connectivity index (χ2n) is 2.82. The Labute approximate surface area is 68.5 Å². The number of hydrogen-bond donors (Lipinski definition) is 0. The van der Waals surface area contributed by atoms with Crippen LogP contribution in [0.3, 0.4) is 0 Å². The van der Waals surface area contributed by atoms with Crippen molar-refractivity contribution in [1.29, 1.82) is 0 Å². The molecule has 1 heterocycles. The van der Waals surface area contributed by atoms with Gasteiger partial charge in [-0.3, -0.25) is 4.98 Å². The Morgan fingerprint density at radius 2 is 2.00 bits per heavy atom. The first-order valence-electron chi connectivity index (χ1n) is 3.89. The monoisotopic (exact) mass is 149 g/mol. The smallest absolute Gasteiger partial charge is 0.0435 e. The number of aromatic nitrogens is 1. The van der Waals surface area contributed by atoms with Crippen molar-refractivity contribution in [3.05, 3.63) is 29.6 Å². The van der Waals surface area contributed by atoms with Crippen molar-refractivity contribution >= 4 is 0 Å². The third-order valence-electron chi connectivity index (χ3n) is 2.09. The summed E-state index contributed by atoms with van der Waals surface area (Å²) in [5, 5.41) is 0. The van der Waals surface area contributed by atoms with Crippen molar-refractivity contribution in [2.45, 2.75) is 33.1 Å². The Bertz CT molecular complexity index is 205. The quantitative estimate of drug-likeness (QED) is 0.552. The van der Waals surface area contributed by atoms with E-state index >= 15 is 0 Å². The Morgan fingerprint density at radius 1 is 1.18 bits per heavy atom. The van der Waals surface area contributed by atoms with Gasteiger partial charge in [-0.15, -0.1) is 0 Å². The van der Waals surface area contributed by atoms with E-state index in [0.29, 0.717) is 0 Å². The second-order valence-corrected chi connectivity index (χ2v) is 2.82.